The second-order valence-electron chi connectivity index (χ2n) is 5.66. The normalized spacial score (nSPS) is 15.8. The van der Waals surface area contributed by atoms with Crippen LogP contribution in [-0.2, 0) is 9.59 Å². The molecular formula is C17H21ClN2O3. The molecule has 1 aliphatic rings. The van der Waals surface area contributed by atoms with Gasteiger partial charge in [-0.25, -0.2) is 0 Å². The van der Waals surface area contributed by atoms with Crippen molar-refractivity contribution in [2.45, 2.75) is 19.3 Å². The second-order valence-corrected chi connectivity index (χ2v) is 6.10. The van der Waals surface area contributed by atoms with Crippen LogP contribution in [-0.4, -0.2) is 36.9 Å². The molecule has 1 aromatic rings. The van der Waals surface area contributed by atoms with Gasteiger partial charge >= 0.3 is 0 Å². The van der Waals surface area contributed by atoms with E-state index in [9.17, 15) is 9.59 Å². The van der Waals surface area contributed by atoms with Crippen molar-refractivity contribution in [1.29, 1.82) is 0 Å². The number of carbonyl (C=O) groups excluding carboxylic acids is 2. The van der Waals surface area contributed by atoms with Crippen LogP contribution in [0.25, 0.3) is 6.08 Å². The lowest BCUT2D eigenvalue weighted by molar-refractivity contribution is -0.127. The van der Waals surface area contributed by atoms with E-state index >= 15 is 0 Å². The van der Waals surface area contributed by atoms with Crippen molar-refractivity contribution in [3.05, 3.63) is 34.9 Å². The number of ether oxygens (including phenoxy) is 1. The van der Waals surface area contributed by atoms with Gasteiger partial charge in [0.1, 0.15) is 5.75 Å². The molecule has 0 bridgehead atoms. The topological polar surface area (TPSA) is 72.6 Å². The number of nitrogens with zero attached hydrogens (tertiary/aromatic N) is 1. The zero-order valence-electron chi connectivity index (χ0n) is 13.1. The summed E-state index contributed by atoms with van der Waals surface area (Å²) in [5.74, 6) is 0.624. The molecule has 0 aliphatic carbocycles. The van der Waals surface area contributed by atoms with E-state index in [1.165, 1.54) is 6.08 Å². The van der Waals surface area contributed by atoms with Crippen molar-refractivity contribution in [3.63, 3.8) is 0 Å². The number of amides is 2. The Labute approximate surface area is 141 Å². The molecule has 0 atom stereocenters. The highest BCUT2D eigenvalue weighted by Gasteiger charge is 2.22. The number of methoxy groups -OCH3 is 1. The van der Waals surface area contributed by atoms with Crippen molar-refractivity contribution in [2.75, 3.05) is 20.2 Å². The third-order valence-corrected chi connectivity index (χ3v) is 4.25. The van der Waals surface area contributed by atoms with Gasteiger partial charge in [-0.3, -0.25) is 9.59 Å². The van der Waals surface area contributed by atoms with Gasteiger partial charge in [-0.1, -0.05) is 11.6 Å². The Morgan fingerprint density at radius 1 is 1.39 bits per heavy atom. The van der Waals surface area contributed by atoms with E-state index in [-0.39, 0.29) is 17.7 Å². The van der Waals surface area contributed by atoms with Crippen LogP contribution in [0.3, 0.4) is 0 Å². The zero-order valence-corrected chi connectivity index (χ0v) is 13.9. The first kappa shape index (κ1) is 17.3. The van der Waals surface area contributed by atoms with Crippen LogP contribution < -0.4 is 10.5 Å². The smallest absolute Gasteiger partial charge is 0.246 e. The minimum atomic E-state index is -0.275. The maximum atomic E-state index is 12.3. The summed E-state index contributed by atoms with van der Waals surface area (Å²) in [7, 11) is 1.58. The monoisotopic (exact) mass is 336 g/mol. The lowest BCUT2D eigenvalue weighted by atomic mass is 9.93. The Balaban J connectivity index is 1.95. The molecule has 0 aromatic heterocycles. The van der Waals surface area contributed by atoms with Crippen LogP contribution in [0.5, 0.6) is 5.75 Å². The zero-order chi connectivity index (χ0) is 16.8. The SMILES string of the molecule is COc1ccc(Cl)cc1/C=C/C(=O)N1CCC(CC(N)=O)CC1. The highest BCUT2D eigenvalue weighted by Crippen LogP contribution is 2.24. The van der Waals surface area contributed by atoms with Crippen molar-refractivity contribution < 1.29 is 14.3 Å². The van der Waals surface area contributed by atoms with Crippen LogP contribution in [0.2, 0.25) is 5.02 Å². The van der Waals surface area contributed by atoms with E-state index < -0.39 is 0 Å². The number of rotatable bonds is 5. The maximum Gasteiger partial charge on any atom is 0.246 e. The van der Waals surface area contributed by atoms with Gasteiger partial charge in [0.05, 0.1) is 7.11 Å². The summed E-state index contributed by atoms with van der Waals surface area (Å²) in [4.78, 5) is 25.0. The number of hydrogen-bond donors (Lipinski definition) is 1. The summed E-state index contributed by atoms with van der Waals surface area (Å²) in [5, 5.41) is 0.588. The molecule has 0 spiro atoms. The molecular weight excluding hydrogens is 316 g/mol. The summed E-state index contributed by atoms with van der Waals surface area (Å²) >= 11 is 5.97. The number of primary amides is 1. The predicted octanol–water partition coefficient (Wildman–Crippen LogP) is 2.48. The van der Waals surface area contributed by atoms with Crippen molar-refractivity contribution in [3.8, 4) is 5.75 Å². The van der Waals surface area contributed by atoms with Crippen LogP contribution in [0.4, 0.5) is 0 Å². The number of likely N-dealkylation sites (tertiary alicyclic amines) is 1. The lowest BCUT2D eigenvalue weighted by Crippen LogP contribution is -2.38. The molecule has 6 heteroatoms. The fourth-order valence-electron chi connectivity index (χ4n) is 2.74. The van der Waals surface area contributed by atoms with Gasteiger partial charge in [-0.2, -0.15) is 0 Å². The Morgan fingerprint density at radius 3 is 2.70 bits per heavy atom. The molecule has 23 heavy (non-hydrogen) atoms. The van der Waals surface area contributed by atoms with E-state index in [1.807, 2.05) is 0 Å². The number of halogens is 1. The largest absolute Gasteiger partial charge is 0.496 e. The molecule has 1 fully saturated rings. The van der Waals surface area contributed by atoms with Gasteiger partial charge in [0.25, 0.3) is 0 Å². The molecule has 1 aliphatic heterocycles. The van der Waals surface area contributed by atoms with Crippen molar-refractivity contribution in [1.82, 2.24) is 4.90 Å². The molecule has 0 unspecified atom stereocenters. The number of nitrogens with two attached hydrogens (primary N) is 1. The van der Waals surface area contributed by atoms with Gasteiger partial charge in [0.2, 0.25) is 11.8 Å². The molecule has 124 valence electrons. The predicted molar refractivity (Wildman–Crippen MR) is 90.2 cm³/mol. The fraction of sp³-hybridized carbons (Fsp3) is 0.412. The fourth-order valence-corrected chi connectivity index (χ4v) is 2.92. The molecule has 2 rings (SSSR count). The Hall–Kier alpha value is -2.01. The van der Waals surface area contributed by atoms with Crippen LogP contribution in [0.15, 0.2) is 24.3 Å². The highest BCUT2D eigenvalue weighted by molar-refractivity contribution is 6.30. The highest BCUT2D eigenvalue weighted by atomic mass is 35.5. The maximum absolute atomic E-state index is 12.3. The number of carbonyl (C=O) groups is 2. The van der Waals surface area contributed by atoms with Crippen LogP contribution >= 0.6 is 11.6 Å². The van der Waals surface area contributed by atoms with Gasteiger partial charge in [-0.15, -0.1) is 0 Å². The van der Waals surface area contributed by atoms with Gasteiger partial charge in [0.15, 0.2) is 0 Å². The summed E-state index contributed by atoms with van der Waals surface area (Å²) in [6.45, 7) is 1.29. The standard InChI is InChI=1S/C17H21ClN2O3/c1-23-15-4-3-14(18)11-13(15)2-5-17(22)20-8-6-12(7-9-20)10-16(19)21/h2-5,11-12H,6-10H2,1H3,(H2,19,21)/b5-2+. The third kappa shape index (κ3) is 4.99. The van der Waals surface area contributed by atoms with E-state index in [0.29, 0.717) is 30.3 Å². The number of hydrogen-bond acceptors (Lipinski definition) is 3. The van der Waals surface area contributed by atoms with E-state index in [2.05, 4.69) is 0 Å². The van der Waals surface area contributed by atoms with Gasteiger partial charge in [-0.05, 0) is 43.0 Å². The minimum absolute atomic E-state index is 0.0513. The molecule has 5 nitrogen and oxygen atoms in total. The summed E-state index contributed by atoms with van der Waals surface area (Å²) < 4.78 is 5.25. The first-order valence-electron chi connectivity index (χ1n) is 7.58. The molecule has 0 saturated carbocycles. The first-order valence-corrected chi connectivity index (χ1v) is 7.96. The molecule has 0 radical (unpaired) electrons. The van der Waals surface area contributed by atoms with Crippen molar-refractivity contribution in [2.24, 2.45) is 11.7 Å². The summed E-state index contributed by atoms with van der Waals surface area (Å²) in [6.07, 6.45) is 5.26. The quantitative estimate of drug-likeness (QED) is 0.839. The Morgan fingerprint density at radius 2 is 2.09 bits per heavy atom. The average Bonchev–Trinajstić information content (AvgIpc) is 2.53. The molecule has 2 N–H and O–H groups in total. The molecule has 1 aromatic carbocycles. The minimum Gasteiger partial charge on any atom is -0.496 e. The molecule has 1 saturated heterocycles. The van der Waals surface area contributed by atoms with Gasteiger partial charge in [0, 0.05) is 36.2 Å². The van der Waals surface area contributed by atoms with E-state index in [0.717, 1.165) is 18.4 Å². The lowest BCUT2D eigenvalue weighted by Gasteiger charge is -2.30. The van der Waals surface area contributed by atoms with Crippen LogP contribution in [0, 0.1) is 5.92 Å². The first-order chi connectivity index (χ1) is 11.0. The number of benzene rings is 1. The second kappa shape index (κ2) is 8.02. The molecule has 2 amide bonds. The molecule has 1 heterocycles. The summed E-state index contributed by atoms with van der Waals surface area (Å²) in [5.41, 5.74) is 5.98. The Bertz CT molecular complexity index is 608. The van der Waals surface area contributed by atoms with E-state index in [4.69, 9.17) is 22.1 Å². The van der Waals surface area contributed by atoms with E-state index in [1.54, 1.807) is 36.3 Å². The summed E-state index contributed by atoms with van der Waals surface area (Å²) in [6, 6.07) is 5.26. The third-order valence-electron chi connectivity index (χ3n) is 4.01. The van der Waals surface area contributed by atoms with Crippen LogP contribution in [0.1, 0.15) is 24.8 Å². The average molecular weight is 337 g/mol. The van der Waals surface area contributed by atoms with Crippen molar-refractivity contribution >= 4 is 29.5 Å². The van der Waals surface area contributed by atoms with Gasteiger partial charge < -0.3 is 15.4 Å². The number of piperidine rings is 1. The Kier molecular flexibility index (Phi) is 6.04.